The number of nitrogens with one attached hydrogen (secondary N) is 2. The molecule has 1 aliphatic rings. The first-order chi connectivity index (χ1) is 12.2. The van der Waals surface area contributed by atoms with Crippen LogP contribution >= 0.6 is 0 Å². The summed E-state index contributed by atoms with van der Waals surface area (Å²) in [6, 6.07) is 18.2. The predicted octanol–water partition coefficient (Wildman–Crippen LogP) is 5.42. The van der Waals surface area contributed by atoms with E-state index in [2.05, 4.69) is 22.8 Å². The third-order valence-corrected chi connectivity index (χ3v) is 4.59. The SMILES string of the molecule is Fc1cccc(F)c1CNc1ccc2c(c1)CCc1ccccc1N2. The largest absolute Gasteiger partial charge is 0.381 e. The topological polar surface area (TPSA) is 24.1 Å². The molecule has 0 spiro atoms. The van der Waals surface area contributed by atoms with E-state index in [0.717, 1.165) is 29.9 Å². The number of benzene rings is 3. The average Bonchev–Trinajstić information content (AvgIpc) is 2.80. The van der Waals surface area contributed by atoms with Crippen molar-refractivity contribution in [2.45, 2.75) is 19.4 Å². The fraction of sp³-hybridized carbons (Fsp3) is 0.143. The lowest BCUT2D eigenvalue weighted by molar-refractivity contribution is 0.560. The molecular weight excluding hydrogens is 318 g/mol. The Kier molecular flexibility index (Phi) is 4.10. The molecule has 2 N–H and O–H groups in total. The van der Waals surface area contributed by atoms with Gasteiger partial charge in [-0.15, -0.1) is 0 Å². The maximum absolute atomic E-state index is 13.7. The fourth-order valence-electron chi connectivity index (χ4n) is 3.20. The van der Waals surface area contributed by atoms with Crippen molar-refractivity contribution in [1.82, 2.24) is 0 Å². The van der Waals surface area contributed by atoms with Gasteiger partial charge in [-0.25, -0.2) is 8.78 Å². The van der Waals surface area contributed by atoms with Gasteiger partial charge in [0.25, 0.3) is 0 Å². The summed E-state index contributed by atoms with van der Waals surface area (Å²) in [6.07, 6.45) is 1.88. The lowest BCUT2D eigenvalue weighted by Crippen LogP contribution is -2.05. The van der Waals surface area contributed by atoms with Crippen LogP contribution in [0.1, 0.15) is 16.7 Å². The van der Waals surface area contributed by atoms with Crippen molar-refractivity contribution in [3.05, 3.63) is 89.0 Å². The summed E-state index contributed by atoms with van der Waals surface area (Å²) in [7, 11) is 0. The van der Waals surface area contributed by atoms with E-state index in [9.17, 15) is 8.78 Å². The van der Waals surface area contributed by atoms with E-state index in [4.69, 9.17) is 0 Å². The van der Waals surface area contributed by atoms with E-state index in [0.29, 0.717) is 0 Å². The van der Waals surface area contributed by atoms with Crippen LogP contribution in [-0.2, 0) is 19.4 Å². The minimum absolute atomic E-state index is 0.0583. The second kappa shape index (κ2) is 6.55. The van der Waals surface area contributed by atoms with E-state index < -0.39 is 11.6 Å². The number of anilines is 3. The first-order valence-corrected chi connectivity index (χ1v) is 8.35. The zero-order valence-electron chi connectivity index (χ0n) is 13.7. The van der Waals surface area contributed by atoms with Gasteiger partial charge < -0.3 is 10.6 Å². The summed E-state index contributed by atoms with van der Waals surface area (Å²) >= 11 is 0. The summed E-state index contributed by atoms with van der Waals surface area (Å²) in [6.45, 7) is 0.116. The molecule has 4 rings (SSSR count). The number of hydrogen-bond acceptors (Lipinski definition) is 2. The maximum Gasteiger partial charge on any atom is 0.131 e. The van der Waals surface area contributed by atoms with E-state index >= 15 is 0 Å². The normalized spacial score (nSPS) is 12.6. The van der Waals surface area contributed by atoms with Crippen LogP contribution in [0.4, 0.5) is 25.8 Å². The standard InChI is InChI=1S/C21H18F2N2/c22-18-5-3-6-19(23)17(18)13-24-16-10-11-21-15(12-16)9-8-14-4-1-2-7-20(14)25-21/h1-7,10-12,24-25H,8-9,13H2. The molecule has 0 amide bonds. The second-order valence-corrected chi connectivity index (χ2v) is 6.21. The molecular formula is C21H18F2N2. The monoisotopic (exact) mass is 336 g/mol. The Morgan fingerprint density at radius 2 is 1.52 bits per heavy atom. The molecule has 2 nitrogen and oxygen atoms in total. The van der Waals surface area contributed by atoms with Crippen molar-refractivity contribution in [3.8, 4) is 0 Å². The number of halogens is 2. The Morgan fingerprint density at radius 1 is 0.800 bits per heavy atom. The lowest BCUT2D eigenvalue weighted by Gasteiger charge is -2.13. The maximum atomic E-state index is 13.7. The average molecular weight is 336 g/mol. The molecule has 1 heterocycles. The van der Waals surface area contributed by atoms with Gasteiger partial charge in [0.05, 0.1) is 0 Å². The van der Waals surface area contributed by atoms with E-state index in [-0.39, 0.29) is 12.1 Å². The van der Waals surface area contributed by atoms with E-state index in [1.807, 2.05) is 30.3 Å². The molecule has 0 aromatic heterocycles. The van der Waals surface area contributed by atoms with Crippen LogP contribution in [0.2, 0.25) is 0 Å². The summed E-state index contributed by atoms with van der Waals surface area (Å²) in [5, 5.41) is 6.60. The quantitative estimate of drug-likeness (QED) is 0.667. The molecule has 0 fully saturated rings. The molecule has 126 valence electrons. The minimum atomic E-state index is -0.528. The van der Waals surface area contributed by atoms with Gasteiger partial charge >= 0.3 is 0 Å². The summed E-state index contributed by atoms with van der Waals surface area (Å²) in [5.74, 6) is -1.06. The number of para-hydroxylation sites is 1. The van der Waals surface area contributed by atoms with Crippen molar-refractivity contribution in [2.75, 3.05) is 10.6 Å². The van der Waals surface area contributed by atoms with Crippen LogP contribution in [0.5, 0.6) is 0 Å². The molecule has 3 aromatic rings. The van der Waals surface area contributed by atoms with Crippen molar-refractivity contribution >= 4 is 17.1 Å². The van der Waals surface area contributed by atoms with Gasteiger partial charge in [0.1, 0.15) is 11.6 Å². The highest BCUT2D eigenvalue weighted by molar-refractivity contribution is 5.70. The van der Waals surface area contributed by atoms with E-state index in [1.54, 1.807) is 0 Å². The Hall–Kier alpha value is -2.88. The zero-order chi connectivity index (χ0) is 17.2. The highest BCUT2D eigenvalue weighted by Crippen LogP contribution is 2.31. The third-order valence-electron chi connectivity index (χ3n) is 4.59. The van der Waals surface area contributed by atoms with Gasteiger partial charge in [0, 0.05) is 29.2 Å². The fourth-order valence-corrected chi connectivity index (χ4v) is 3.20. The van der Waals surface area contributed by atoms with Crippen LogP contribution in [0.3, 0.4) is 0 Å². The molecule has 0 atom stereocenters. The molecule has 0 saturated carbocycles. The predicted molar refractivity (Wildman–Crippen MR) is 97.3 cm³/mol. The van der Waals surface area contributed by atoms with Crippen LogP contribution < -0.4 is 10.6 Å². The van der Waals surface area contributed by atoms with Crippen LogP contribution in [0, 0.1) is 11.6 Å². The minimum Gasteiger partial charge on any atom is -0.381 e. The van der Waals surface area contributed by atoms with Crippen molar-refractivity contribution < 1.29 is 8.78 Å². The molecule has 4 heteroatoms. The number of fused-ring (bicyclic) bond motifs is 2. The number of rotatable bonds is 3. The second-order valence-electron chi connectivity index (χ2n) is 6.21. The van der Waals surface area contributed by atoms with Crippen molar-refractivity contribution in [2.24, 2.45) is 0 Å². The van der Waals surface area contributed by atoms with Crippen LogP contribution in [0.15, 0.2) is 60.7 Å². The summed E-state index contributed by atoms with van der Waals surface area (Å²) in [5.41, 5.74) is 5.61. The Morgan fingerprint density at radius 3 is 2.36 bits per heavy atom. The van der Waals surface area contributed by atoms with Crippen molar-refractivity contribution in [1.29, 1.82) is 0 Å². The Bertz CT molecular complexity index is 901. The Labute approximate surface area is 145 Å². The highest BCUT2D eigenvalue weighted by atomic mass is 19.1. The molecule has 0 radical (unpaired) electrons. The molecule has 0 saturated heterocycles. The molecule has 0 unspecified atom stereocenters. The van der Waals surface area contributed by atoms with Gasteiger partial charge in [-0.3, -0.25) is 0 Å². The summed E-state index contributed by atoms with van der Waals surface area (Å²) in [4.78, 5) is 0. The summed E-state index contributed by atoms with van der Waals surface area (Å²) < 4.78 is 27.5. The van der Waals surface area contributed by atoms with Gasteiger partial charge in [0.2, 0.25) is 0 Å². The van der Waals surface area contributed by atoms with Crippen molar-refractivity contribution in [3.63, 3.8) is 0 Å². The Balaban J connectivity index is 1.54. The zero-order valence-corrected chi connectivity index (χ0v) is 13.7. The third kappa shape index (κ3) is 3.20. The lowest BCUT2D eigenvalue weighted by atomic mass is 10.0. The molecule has 0 aliphatic carbocycles. The molecule has 3 aromatic carbocycles. The molecule has 0 bridgehead atoms. The first kappa shape index (κ1) is 15.6. The first-order valence-electron chi connectivity index (χ1n) is 8.35. The van der Waals surface area contributed by atoms with Gasteiger partial charge in [-0.2, -0.15) is 0 Å². The van der Waals surface area contributed by atoms with Crippen LogP contribution in [0.25, 0.3) is 0 Å². The molecule has 25 heavy (non-hydrogen) atoms. The number of hydrogen-bond donors (Lipinski definition) is 2. The van der Waals surface area contributed by atoms with Gasteiger partial charge in [0.15, 0.2) is 0 Å². The number of aryl methyl sites for hydroxylation is 2. The van der Waals surface area contributed by atoms with E-state index in [1.165, 1.54) is 29.3 Å². The molecule has 1 aliphatic heterocycles. The van der Waals surface area contributed by atoms with Gasteiger partial charge in [-0.1, -0.05) is 24.3 Å². The van der Waals surface area contributed by atoms with Gasteiger partial charge in [-0.05, 0) is 60.4 Å². The van der Waals surface area contributed by atoms with Crippen LogP contribution in [-0.4, -0.2) is 0 Å². The highest BCUT2D eigenvalue weighted by Gasteiger charge is 2.13. The smallest absolute Gasteiger partial charge is 0.131 e.